The molecule has 0 bridgehead atoms. The van der Waals surface area contributed by atoms with Crippen LogP contribution in [0.1, 0.15) is 23.8 Å². The Balaban J connectivity index is 1.70. The molecule has 0 saturated carbocycles. The maximum absolute atomic E-state index is 14.0. The second-order valence-electron chi connectivity index (χ2n) is 9.47. The van der Waals surface area contributed by atoms with Gasteiger partial charge in [0.15, 0.2) is 0 Å². The Morgan fingerprint density at radius 1 is 1.07 bits per heavy atom. The van der Waals surface area contributed by atoms with Crippen molar-refractivity contribution in [2.24, 2.45) is 0 Å². The van der Waals surface area contributed by atoms with Crippen LogP contribution in [0.4, 0.5) is 11.4 Å². The number of ketones is 1. The van der Waals surface area contributed by atoms with Gasteiger partial charge in [0, 0.05) is 25.1 Å². The van der Waals surface area contributed by atoms with Gasteiger partial charge in [-0.25, -0.2) is 0 Å². The summed E-state index contributed by atoms with van der Waals surface area (Å²) >= 11 is 0. The second-order valence-corrected chi connectivity index (χ2v) is 9.47. The number of para-hydroxylation sites is 2. The van der Waals surface area contributed by atoms with Gasteiger partial charge in [0.2, 0.25) is 5.91 Å². The number of fused-ring (bicyclic) bond motifs is 2. The van der Waals surface area contributed by atoms with Crippen molar-refractivity contribution in [1.29, 1.82) is 0 Å². The summed E-state index contributed by atoms with van der Waals surface area (Å²) in [5, 5.41) is 6.50. The number of benzene rings is 2. The summed E-state index contributed by atoms with van der Waals surface area (Å²) < 4.78 is 5.04. The fraction of sp³-hybridized carbons (Fsp3) is 0.276. The molecule has 41 heavy (non-hydrogen) atoms. The number of nitrogens with one attached hydrogen (secondary N) is 2. The van der Waals surface area contributed by atoms with Crippen LogP contribution in [0.15, 0.2) is 60.8 Å². The van der Waals surface area contributed by atoms with Crippen molar-refractivity contribution in [3.05, 3.63) is 66.5 Å². The number of rotatable bonds is 10. The molecule has 0 aliphatic carbocycles. The van der Waals surface area contributed by atoms with Crippen LogP contribution in [-0.2, 0) is 28.7 Å². The summed E-state index contributed by atoms with van der Waals surface area (Å²) in [7, 11) is 1.36. The molecule has 4 amide bonds. The minimum Gasteiger partial charge on any atom is -0.375 e. The van der Waals surface area contributed by atoms with E-state index < -0.39 is 42.3 Å². The summed E-state index contributed by atoms with van der Waals surface area (Å²) in [5.74, 6) is -2.77. The average Bonchev–Trinajstić information content (AvgIpc) is 3.07. The standard InChI is InChI=1S/C29H29N5O7/c1-18(36)13-20(16-35)31-25(37)15-34-24-10-6-5-9-23(24)33(26(38)17-41-2)14-22(29(34)40)32-28(39)27-21-8-4-3-7-19(21)11-12-30-27/h3-12,16,20,22H,13-15,17H2,1-2H3,(H,31,37)(H,32,39)/t20-,22-/m0/s1. The zero-order chi connectivity index (χ0) is 29.5. The first-order chi connectivity index (χ1) is 19.7. The van der Waals surface area contributed by atoms with Crippen LogP contribution in [0.3, 0.4) is 0 Å². The number of aldehydes is 1. The first kappa shape index (κ1) is 29.0. The van der Waals surface area contributed by atoms with Gasteiger partial charge in [-0.3, -0.25) is 33.9 Å². The van der Waals surface area contributed by atoms with Gasteiger partial charge in [-0.2, -0.15) is 0 Å². The van der Waals surface area contributed by atoms with Crippen molar-refractivity contribution in [3.8, 4) is 0 Å². The number of carbonyl (C=O) groups is 6. The predicted octanol–water partition coefficient (Wildman–Crippen LogP) is 1.02. The molecule has 2 aromatic carbocycles. The van der Waals surface area contributed by atoms with Crippen molar-refractivity contribution < 1.29 is 33.5 Å². The van der Waals surface area contributed by atoms with E-state index in [1.165, 1.54) is 25.1 Å². The average molecular weight is 560 g/mol. The minimum absolute atomic E-state index is 0.0924. The number of ether oxygens (including phenoxy) is 1. The number of nitrogens with zero attached hydrogens (tertiary/aromatic N) is 3. The predicted molar refractivity (Wildman–Crippen MR) is 149 cm³/mol. The Morgan fingerprint density at radius 3 is 2.49 bits per heavy atom. The maximum atomic E-state index is 14.0. The number of aromatic nitrogens is 1. The van der Waals surface area contributed by atoms with Gasteiger partial charge in [-0.1, -0.05) is 36.4 Å². The first-order valence-corrected chi connectivity index (χ1v) is 12.8. The van der Waals surface area contributed by atoms with Gasteiger partial charge in [-0.15, -0.1) is 0 Å². The molecular formula is C29H29N5O7. The van der Waals surface area contributed by atoms with Crippen molar-refractivity contribution in [2.75, 3.05) is 36.6 Å². The Bertz CT molecular complexity index is 1500. The quantitative estimate of drug-likeness (QED) is 0.349. The second kappa shape index (κ2) is 12.9. The molecule has 1 aliphatic heterocycles. The summed E-state index contributed by atoms with van der Waals surface area (Å²) in [6, 6.07) is 13.0. The lowest BCUT2D eigenvalue weighted by Gasteiger charge is -2.25. The van der Waals surface area contributed by atoms with Gasteiger partial charge in [-0.05, 0) is 30.5 Å². The van der Waals surface area contributed by atoms with Gasteiger partial charge in [0.25, 0.3) is 17.7 Å². The minimum atomic E-state index is -1.27. The van der Waals surface area contributed by atoms with Crippen LogP contribution < -0.4 is 20.4 Å². The first-order valence-electron chi connectivity index (χ1n) is 12.8. The van der Waals surface area contributed by atoms with E-state index in [0.29, 0.717) is 17.4 Å². The molecule has 0 saturated heterocycles. The number of Topliss-reactive ketones (excluding diaryl/α,β-unsaturated/α-hetero) is 1. The molecule has 12 nitrogen and oxygen atoms in total. The molecule has 0 spiro atoms. The van der Waals surface area contributed by atoms with E-state index >= 15 is 0 Å². The molecule has 0 radical (unpaired) electrons. The van der Waals surface area contributed by atoms with Crippen LogP contribution in [0.25, 0.3) is 10.8 Å². The smallest absolute Gasteiger partial charge is 0.271 e. The molecule has 12 heteroatoms. The topological polar surface area (TPSA) is 155 Å². The zero-order valence-corrected chi connectivity index (χ0v) is 22.5. The highest BCUT2D eigenvalue weighted by atomic mass is 16.5. The van der Waals surface area contributed by atoms with Crippen LogP contribution in [0.5, 0.6) is 0 Å². The van der Waals surface area contributed by atoms with Crippen molar-refractivity contribution in [1.82, 2.24) is 15.6 Å². The third kappa shape index (κ3) is 6.61. The summed E-state index contributed by atoms with van der Waals surface area (Å²) in [6.45, 7) is 0.221. The molecule has 0 unspecified atom stereocenters. The van der Waals surface area contributed by atoms with E-state index in [4.69, 9.17) is 4.74 Å². The van der Waals surface area contributed by atoms with Crippen molar-refractivity contribution in [3.63, 3.8) is 0 Å². The Morgan fingerprint density at radius 2 is 1.78 bits per heavy atom. The highest BCUT2D eigenvalue weighted by Gasteiger charge is 2.38. The number of pyridine rings is 1. The third-order valence-electron chi connectivity index (χ3n) is 6.48. The third-order valence-corrected chi connectivity index (χ3v) is 6.48. The molecular weight excluding hydrogens is 530 g/mol. The lowest BCUT2D eigenvalue weighted by molar-refractivity contribution is -0.127. The number of hydrogen-bond acceptors (Lipinski definition) is 8. The molecule has 2 N–H and O–H groups in total. The lowest BCUT2D eigenvalue weighted by atomic mass is 10.1. The van der Waals surface area contributed by atoms with E-state index in [-0.39, 0.29) is 36.7 Å². The van der Waals surface area contributed by atoms with E-state index in [0.717, 1.165) is 10.3 Å². The largest absolute Gasteiger partial charge is 0.375 e. The van der Waals surface area contributed by atoms with Gasteiger partial charge < -0.3 is 25.1 Å². The van der Waals surface area contributed by atoms with Gasteiger partial charge in [0.1, 0.15) is 37.0 Å². The lowest BCUT2D eigenvalue weighted by Crippen LogP contribution is -2.55. The normalized spacial score (nSPS) is 15.5. The molecule has 4 rings (SSSR count). The maximum Gasteiger partial charge on any atom is 0.271 e. The summed E-state index contributed by atoms with van der Waals surface area (Å²) in [6.07, 6.45) is 1.73. The fourth-order valence-corrected chi connectivity index (χ4v) is 4.66. The van der Waals surface area contributed by atoms with Crippen LogP contribution in [0, 0.1) is 0 Å². The SMILES string of the molecule is COCC(=O)N1C[C@H](NC(=O)c2nccc3ccccc23)C(=O)N(CC(=O)N[C@H](C=O)CC(C)=O)c2ccccc21. The molecule has 1 aromatic heterocycles. The van der Waals surface area contributed by atoms with Crippen molar-refractivity contribution in [2.45, 2.75) is 25.4 Å². The number of anilines is 2. The Kier molecular flexibility index (Phi) is 9.15. The van der Waals surface area contributed by atoms with Crippen LogP contribution in [-0.4, -0.2) is 79.6 Å². The number of methoxy groups -OCH3 is 1. The summed E-state index contributed by atoms with van der Waals surface area (Å²) in [4.78, 5) is 83.0. The number of hydrogen-bond donors (Lipinski definition) is 2. The highest BCUT2D eigenvalue weighted by molar-refractivity contribution is 6.12. The van der Waals surface area contributed by atoms with E-state index in [2.05, 4.69) is 15.6 Å². The Labute approximate surface area is 235 Å². The summed E-state index contributed by atoms with van der Waals surface area (Å²) in [5.41, 5.74) is 0.660. The molecule has 3 aromatic rings. The van der Waals surface area contributed by atoms with E-state index in [9.17, 15) is 28.8 Å². The number of amides is 4. The molecule has 0 fully saturated rings. The zero-order valence-electron chi connectivity index (χ0n) is 22.5. The van der Waals surface area contributed by atoms with Crippen LogP contribution in [0.2, 0.25) is 0 Å². The number of carbonyl (C=O) groups excluding carboxylic acids is 6. The highest BCUT2D eigenvalue weighted by Crippen LogP contribution is 2.33. The van der Waals surface area contributed by atoms with Gasteiger partial charge >= 0.3 is 0 Å². The van der Waals surface area contributed by atoms with Gasteiger partial charge in [0.05, 0.1) is 24.0 Å². The van der Waals surface area contributed by atoms with E-state index in [1.54, 1.807) is 42.5 Å². The monoisotopic (exact) mass is 559 g/mol. The van der Waals surface area contributed by atoms with Crippen LogP contribution >= 0.6 is 0 Å². The molecule has 1 aliphatic rings. The van der Waals surface area contributed by atoms with E-state index in [1.807, 2.05) is 12.1 Å². The Hall–Kier alpha value is -4.97. The molecule has 212 valence electrons. The molecule has 2 atom stereocenters. The fourth-order valence-electron chi connectivity index (χ4n) is 4.66. The van der Waals surface area contributed by atoms with Crippen molar-refractivity contribution >= 4 is 57.8 Å². The molecule has 2 heterocycles.